The van der Waals surface area contributed by atoms with Crippen LogP contribution in [0.2, 0.25) is 0 Å². The highest BCUT2D eigenvalue weighted by molar-refractivity contribution is 5.90. The molecule has 1 unspecified atom stereocenters. The average molecular weight is 406 g/mol. The van der Waals surface area contributed by atoms with Crippen LogP contribution in [0.1, 0.15) is 64.3 Å². The standard InChI is InChI=1S/C22H35N3O4/c1-9-25(18(26)13-23-21(28)29-22(6,7)8)19(20(27)24-14(2)3)17-12-15(4)10-11-16(17)5/h10-12,14,19H,9,13H2,1-8H3,(H,23,28)(H,24,27). The van der Waals surface area contributed by atoms with Crippen molar-refractivity contribution in [1.82, 2.24) is 15.5 Å². The van der Waals surface area contributed by atoms with Gasteiger partial charge in [0.25, 0.3) is 0 Å². The molecule has 0 aliphatic heterocycles. The van der Waals surface area contributed by atoms with Gasteiger partial charge < -0.3 is 20.3 Å². The monoisotopic (exact) mass is 405 g/mol. The van der Waals surface area contributed by atoms with E-state index < -0.39 is 17.7 Å². The maximum Gasteiger partial charge on any atom is 0.408 e. The van der Waals surface area contributed by atoms with Crippen LogP contribution in [0.15, 0.2) is 18.2 Å². The molecule has 3 amide bonds. The van der Waals surface area contributed by atoms with Gasteiger partial charge in [-0.1, -0.05) is 23.8 Å². The molecule has 1 rings (SSSR count). The number of carbonyl (C=O) groups excluding carboxylic acids is 3. The normalized spacial score (nSPS) is 12.3. The van der Waals surface area contributed by atoms with Crippen LogP contribution in [0.5, 0.6) is 0 Å². The van der Waals surface area contributed by atoms with Crippen LogP contribution in [0, 0.1) is 13.8 Å². The molecule has 1 aromatic rings. The lowest BCUT2D eigenvalue weighted by Gasteiger charge is -2.32. The number of benzene rings is 1. The van der Waals surface area contributed by atoms with Crippen molar-refractivity contribution < 1.29 is 19.1 Å². The Bertz CT molecular complexity index is 738. The van der Waals surface area contributed by atoms with E-state index in [0.717, 1.165) is 16.7 Å². The molecule has 0 radical (unpaired) electrons. The molecular weight excluding hydrogens is 370 g/mol. The molecule has 162 valence electrons. The van der Waals surface area contributed by atoms with Gasteiger partial charge in [0.2, 0.25) is 11.8 Å². The summed E-state index contributed by atoms with van der Waals surface area (Å²) in [5.41, 5.74) is 2.04. The van der Waals surface area contributed by atoms with E-state index in [-0.39, 0.29) is 24.4 Å². The number of likely N-dealkylation sites (N-methyl/N-ethyl adjacent to an activating group) is 1. The predicted octanol–water partition coefficient (Wildman–Crippen LogP) is 3.24. The Morgan fingerprint density at radius 2 is 1.76 bits per heavy atom. The topological polar surface area (TPSA) is 87.7 Å². The van der Waals surface area contributed by atoms with Gasteiger partial charge in [0.05, 0.1) is 0 Å². The molecular formula is C22H35N3O4. The summed E-state index contributed by atoms with van der Waals surface area (Å²) in [5.74, 6) is -0.607. The molecule has 7 nitrogen and oxygen atoms in total. The zero-order valence-electron chi connectivity index (χ0n) is 18.9. The van der Waals surface area contributed by atoms with E-state index in [1.165, 1.54) is 4.90 Å². The van der Waals surface area contributed by atoms with E-state index >= 15 is 0 Å². The molecule has 0 heterocycles. The Labute approximate surface area is 174 Å². The highest BCUT2D eigenvalue weighted by Gasteiger charge is 2.32. The second kappa shape index (κ2) is 10.3. The number of nitrogens with one attached hydrogen (secondary N) is 2. The molecule has 0 saturated heterocycles. The van der Waals surface area contributed by atoms with Crippen LogP contribution in [0.25, 0.3) is 0 Å². The van der Waals surface area contributed by atoms with Crippen LogP contribution < -0.4 is 10.6 Å². The minimum Gasteiger partial charge on any atom is -0.444 e. The number of amides is 3. The molecule has 2 N–H and O–H groups in total. The number of rotatable bonds is 7. The Hall–Kier alpha value is -2.57. The Kier molecular flexibility index (Phi) is 8.67. The maximum atomic E-state index is 13.0. The molecule has 0 saturated carbocycles. The highest BCUT2D eigenvalue weighted by Crippen LogP contribution is 2.26. The molecule has 0 aliphatic carbocycles. The van der Waals surface area contributed by atoms with Crippen molar-refractivity contribution in [2.75, 3.05) is 13.1 Å². The number of hydrogen-bond donors (Lipinski definition) is 2. The van der Waals surface area contributed by atoms with Gasteiger partial charge in [0.1, 0.15) is 18.2 Å². The Balaban J connectivity index is 3.13. The average Bonchev–Trinajstić information content (AvgIpc) is 2.57. The smallest absolute Gasteiger partial charge is 0.408 e. The van der Waals surface area contributed by atoms with Crippen molar-refractivity contribution in [2.45, 2.75) is 73.1 Å². The van der Waals surface area contributed by atoms with Crippen molar-refractivity contribution in [1.29, 1.82) is 0 Å². The number of aryl methyl sites for hydroxylation is 2. The maximum absolute atomic E-state index is 13.0. The van der Waals surface area contributed by atoms with E-state index in [1.807, 2.05) is 52.8 Å². The predicted molar refractivity (Wildman–Crippen MR) is 114 cm³/mol. The first-order valence-electron chi connectivity index (χ1n) is 9.99. The van der Waals surface area contributed by atoms with Crippen LogP contribution in [-0.2, 0) is 14.3 Å². The number of ether oxygens (including phenoxy) is 1. The fraction of sp³-hybridized carbons (Fsp3) is 0.591. The van der Waals surface area contributed by atoms with Gasteiger partial charge in [-0.3, -0.25) is 9.59 Å². The SMILES string of the molecule is CCN(C(=O)CNC(=O)OC(C)(C)C)C(C(=O)NC(C)C)c1cc(C)ccc1C. The van der Waals surface area contributed by atoms with E-state index in [1.54, 1.807) is 20.8 Å². The molecule has 0 bridgehead atoms. The minimum atomic E-state index is -0.782. The number of hydrogen-bond acceptors (Lipinski definition) is 4. The molecule has 0 spiro atoms. The first-order valence-corrected chi connectivity index (χ1v) is 9.99. The third kappa shape index (κ3) is 7.75. The summed E-state index contributed by atoms with van der Waals surface area (Å²) in [5, 5.41) is 5.39. The van der Waals surface area contributed by atoms with Crippen LogP contribution in [-0.4, -0.2) is 47.5 Å². The third-order valence-corrected chi connectivity index (χ3v) is 4.16. The molecule has 7 heteroatoms. The zero-order chi connectivity index (χ0) is 22.4. The fourth-order valence-corrected chi connectivity index (χ4v) is 2.94. The highest BCUT2D eigenvalue weighted by atomic mass is 16.6. The second-order valence-corrected chi connectivity index (χ2v) is 8.46. The lowest BCUT2D eigenvalue weighted by molar-refractivity contribution is -0.140. The Morgan fingerprint density at radius 1 is 1.14 bits per heavy atom. The molecule has 0 aliphatic rings. The van der Waals surface area contributed by atoms with Gasteiger partial charge in [-0.25, -0.2) is 4.79 Å². The van der Waals surface area contributed by atoms with Gasteiger partial charge >= 0.3 is 6.09 Å². The second-order valence-electron chi connectivity index (χ2n) is 8.46. The summed E-state index contributed by atoms with van der Waals surface area (Å²) in [6, 6.07) is 4.99. The zero-order valence-corrected chi connectivity index (χ0v) is 18.9. The van der Waals surface area contributed by atoms with Crippen molar-refractivity contribution >= 4 is 17.9 Å². The first kappa shape index (κ1) is 24.5. The fourth-order valence-electron chi connectivity index (χ4n) is 2.94. The van der Waals surface area contributed by atoms with E-state index in [4.69, 9.17) is 4.74 Å². The lowest BCUT2D eigenvalue weighted by Crippen LogP contribution is -2.48. The summed E-state index contributed by atoms with van der Waals surface area (Å²) < 4.78 is 5.18. The van der Waals surface area contributed by atoms with E-state index in [2.05, 4.69) is 10.6 Å². The largest absolute Gasteiger partial charge is 0.444 e. The van der Waals surface area contributed by atoms with Crippen molar-refractivity contribution in [3.8, 4) is 0 Å². The van der Waals surface area contributed by atoms with Gasteiger partial charge in [-0.05, 0) is 66.5 Å². The third-order valence-electron chi connectivity index (χ3n) is 4.16. The van der Waals surface area contributed by atoms with Crippen molar-refractivity contribution in [3.63, 3.8) is 0 Å². The Morgan fingerprint density at radius 3 is 2.28 bits per heavy atom. The van der Waals surface area contributed by atoms with Gasteiger partial charge in [-0.2, -0.15) is 0 Å². The van der Waals surface area contributed by atoms with Crippen LogP contribution >= 0.6 is 0 Å². The minimum absolute atomic E-state index is 0.0659. The quantitative estimate of drug-likeness (QED) is 0.729. The van der Waals surface area contributed by atoms with Gasteiger partial charge in [0, 0.05) is 12.6 Å². The van der Waals surface area contributed by atoms with Crippen LogP contribution in [0.4, 0.5) is 4.79 Å². The lowest BCUT2D eigenvalue weighted by atomic mass is 9.96. The number of carbonyl (C=O) groups is 3. The molecule has 1 aromatic carbocycles. The van der Waals surface area contributed by atoms with E-state index in [0.29, 0.717) is 6.54 Å². The molecule has 29 heavy (non-hydrogen) atoms. The summed E-state index contributed by atoms with van der Waals surface area (Å²) in [4.78, 5) is 39.3. The van der Waals surface area contributed by atoms with Gasteiger partial charge in [-0.15, -0.1) is 0 Å². The van der Waals surface area contributed by atoms with Crippen LogP contribution in [0.3, 0.4) is 0 Å². The molecule has 0 aromatic heterocycles. The number of alkyl carbamates (subject to hydrolysis) is 1. The molecule has 1 atom stereocenters. The summed E-state index contributed by atoms with van der Waals surface area (Å²) in [6.45, 7) is 14.7. The summed E-state index contributed by atoms with van der Waals surface area (Å²) >= 11 is 0. The van der Waals surface area contributed by atoms with Gasteiger partial charge in [0.15, 0.2) is 0 Å². The first-order chi connectivity index (χ1) is 13.4. The van der Waals surface area contributed by atoms with Crippen molar-refractivity contribution in [3.05, 3.63) is 34.9 Å². The molecule has 0 fully saturated rings. The van der Waals surface area contributed by atoms with E-state index in [9.17, 15) is 14.4 Å². The number of nitrogens with zero attached hydrogens (tertiary/aromatic N) is 1. The summed E-state index contributed by atoms with van der Waals surface area (Å²) in [7, 11) is 0. The van der Waals surface area contributed by atoms with Crippen molar-refractivity contribution in [2.24, 2.45) is 0 Å². The summed E-state index contributed by atoms with van der Waals surface area (Å²) in [6.07, 6.45) is -0.670.